The summed E-state index contributed by atoms with van der Waals surface area (Å²) in [5.74, 6) is 1.88. The van der Waals surface area contributed by atoms with Gasteiger partial charge >= 0.3 is 0 Å². The van der Waals surface area contributed by atoms with Crippen molar-refractivity contribution < 1.29 is 19.0 Å². The maximum atomic E-state index is 12.1. The lowest BCUT2D eigenvalue weighted by Gasteiger charge is -2.08. The third-order valence-electron chi connectivity index (χ3n) is 4.22. The van der Waals surface area contributed by atoms with Crippen molar-refractivity contribution in [3.8, 4) is 17.2 Å². The molecule has 0 fully saturated rings. The van der Waals surface area contributed by atoms with Gasteiger partial charge in [-0.1, -0.05) is 32.3 Å². The van der Waals surface area contributed by atoms with Crippen molar-refractivity contribution in [2.24, 2.45) is 0 Å². The molecule has 0 saturated carbocycles. The summed E-state index contributed by atoms with van der Waals surface area (Å²) in [6, 6.07) is 12.9. The Labute approximate surface area is 167 Å². The van der Waals surface area contributed by atoms with E-state index in [4.69, 9.17) is 14.2 Å². The lowest BCUT2D eigenvalue weighted by atomic mass is 10.2. The second-order valence-electron chi connectivity index (χ2n) is 6.37. The number of nitrogens with one attached hydrogen (secondary N) is 1. The number of unbranched alkanes of at least 4 members (excludes halogenated alkanes) is 3. The second-order valence-corrected chi connectivity index (χ2v) is 6.37. The van der Waals surface area contributed by atoms with Gasteiger partial charge in [0.05, 0.1) is 20.8 Å². The first-order chi connectivity index (χ1) is 13.7. The molecule has 0 aromatic heterocycles. The van der Waals surface area contributed by atoms with Crippen LogP contribution >= 0.6 is 0 Å². The van der Waals surface area contributed by atoms with Crippen molar-refractivity contribution in [3.63, 3.8) is 0 Å². The van der Waals surface area contributed by atoms with Crippen LogP contribution in [0.5, 0.6) is 17.2 Å². The van der Waals surface area contributed by atoms with Crippen LogP contribution in [0.4, 0.5) is 5.69 Å². The third kappa shape index (κ3) is 6.99. The van der Waals surface area contributed by atoms with E-state index >= 15 is 0 Å². The van der Waals surface area contributed by atoms with Gasteiger partial charge in [-0.3, -0.25) is 4.79 Å². The molecule has 0 aliphatic rings. The van der Waals surface area contributed by atoms with Crippen LogP contribution < -0.4 is 19.5 Å². The van der Waals surface area contributed by atoms with Gasteiger partial charge < -0.3 is 19.5 Å². The van der Waals surface area contributed by atoms with Crippen molar-refractivity contribution in [2.45, 2.75) is 32.6 Å². The highest BCUT2D eigenvalue weighted by atomic mass is 16.5. The number of methoxy groups -OCH3 is 2. The Morgan fingerprint density at radius 2 is 1.71 bits per heavy atom. The zero-order valence-corrected chi connectivity index (χ0v) is 16.9. The Kier molecular flexibility index (Phi) is 8.92. The molecule has 0 bridgehead atoms. The zero-order chi connectivity index (χ0) is 20.2. The molecular formula is C23H29NO4. The maximum Gasteiger partial charge on any atom is 0.248 e. The molecule has 150 valence electrons. The van der Waals surface area contributed by atoms with Gasteiger partial charge in [0, 0.05) is 11.8 Å². The number of amides is 1. The number of anilines is 1. The molecule has 0 saturated heterocycles. The molecular weight excluding hydrogens is 354 g/mol. The topological polar surface area (TPSA) is 56.8 Å². The first kappa shape index (κ1) is 21.4. The monoisotopic (exact) mass is 383 g/mol. The van der Waals surface area contributed by atoms with E-state index in [2.05, 4.69) is 12.2 Å². The zero-order valence-electron chi connectivity index (χ0n) is 16.9. The summed E-state index contributed by atoms with van der Waals surface area (Å²) >= 11 is 0. The summed E-state index contributed by atoms with van der Waals surface area (Å²) in [6.45, 7) is 2.91. The highest BCUT2D eigenvalue weighted by molar-refractivity contribution is 6.01. The number of hydrogen-bond acceptors (Lipinski definition) is 4. The van der Waals surface area contributed by atoms with Crippen LogP contribution in [-0.4, -0.2) is 26.7 Å². The average molecular weight is 383 g/mol. The molecule has 28 heavy (non-hydrogen) atoms. The number of carbonyl (C=O) groups is 1. The number of hydrogen-bond donors (Lipinski definition) is 1. The van der Waals surface area contributed by atoms with Crippen LogP contribution in [0.25, 0.3) is 6.08 Å². The largest absolute Gasteiger partial charge is 0.494 e. The fraction of sp³-hybridized carbons (Fsp3) is 0.348. The van der Waals surface area contributed by atoms with E-state index in [1.807, 2.05) is 36.4 Å². The summed E-state index contributed by atoms with van der Waals surface area (Å²) < 4.78 is 16.2. The lowest BCUT2D eigenvalue weighted by Crippen LogP contribution is -2.07. The molecule has 2 rings (SSSR count). The second kappa shape index (κ2) is 11.7. The van der Waals surface area contributed by atoms with Crippen LogP contribution in [-0.2, 0) is 4.79 Å². The Morgan fingerprint density at radius 3 is 2.39 bits per heavy atom. The summed E-state index contributed by atoms with van der Waals surface area (Å²) in [4.78, 5) is 12.1. The van der Waals surface area contributed by atoms with Crippen molar-refractivity contribution in [3.05, 3.63) is 54.1 Å². The van der Waals surface area contributed by atoms with Crippen LogP contribution in [0.1, 0.15) is 38.2 Å². The smallest absolute Gasteiger partial charge is 0.248 e. The van der Waals surface area contributed by atoms with Gasteiger partial charge in [-0.05, 0) is 54.5 Å². The Morgan fingerprint density at radius 1 is 0.964 bits per heavy atom. The molecule has 0 atom stereocenters. The first-order valence-electron chi connectivity index (χ1n) is 9.60. The molecule has 0 unspecified atom stereocenters. The van der Waals surface area contributed by atoms with E-state index in [1.54, 1.807) is 26.4 Å². The Balaban J connectivity index is 1.84. The predicted molar refractivity (Wildman–Crippen MR) is 113 cm³/mol. The van der Waals surface area contributed by atoms with Crippen molar-refractivity contribution in [2.75, 3.05) is 26.1 Å². The molecule has 5 heteroatoms. The molecule has 0 aliphatic carbocycles. The fourth-order valence-corrected chi connectivity index (χ4v) is 2.67. The van der Waals surface area contributed by atoms with Crippen molar-refractivity contribution in [1.29, 1.82) is 0 Å². The Bertz CT molecular complexity index is 769. The van der Waals surface area contributed by atoms with E-state index in [-0.39, 0.29) is 5.91 Å². The quantitative estimate of drug-likeness (QED) is 0.422. The van der Waals surface area contributed by atoms with Gasteiger partial charge in [-0.15, -0.1) is 0 Å². The summed E-state index contributed by atoms with van der Waals surface area (Å²) in [6.07, 6.45) is 7.93. The van der Waals surface area contributed by atoms with Gasteiger partial charge in [0.1, 0.15) is 5.75 Å². The molecule has 0 radical (unpaired) electrons. The first-order valence-corrected chi connectivity index (χ1v) is 9.60. The van der Waals surface area contributed by atoms with E-state index in [9.17, 15) is 4.79 Å². The number of benzene rings is 2. The third-order valence-corrected chi connectivity index (χ3v) is 4.22. The van der Waals surface area contributed by atoms with Crippen LogP contribution in [0, 0.1) is 0 Å². The number of rotatable bonds is 11. The van der Waals surface area contributed by atoms with Crippen LogP contribution in [0.2, 0.25) is 0 Å². The fourth-order valence-electron chi connectivity index (χ4n) is 2.67. The highest BCUT2D eigenvalue weighted by Gasteiger charge is 2.04. The molecule has 0 spiro atoms. The average Bonchev–Trinajstić information content (AvgIpc) is 2.73. The molecule has 1 amide bonds. The molecule has 0 heterocycles. The van der Waals surface area contributed by atoms with Crippen LogP contribution in [0.3, 0.4) is 0 Å². The SMILES string of the molecule is CCCCCCOc1ccc(NC(=O)/C=C/c2ccc(OC)c(OC)c2)cc1. The molecule has 1 N–H and O–H groups in total. The van der Waals surface area contributed by atoms with E-state index in [1.165, 1.54) is 25.3 Å². The number of carbonyl (C=O) groups excluding carboxylic acids is 1. The summed E-state index contributed by atoms with van der Waals surface area (Å²) in [5, 5.41) is 2.84. The van der Waals surface area contributed by atoms with Gasteiger partial charge in [0.15, 0.2) is 11.5 Å². The van der Waals surface area contributed by atoms with Gasteiger partial charge in [0.25, 0.3) is 0 Å². The molecule has 2 aromatic rings. The lowest BCUT2D eigenvalue weighted by molar-refractivity contribution is -0.111. The molecule has 0 aliphatic heterocycles. The number of ether oxygens (including phenoxy) is 3. The summed E-state index contributed by atoms with van der Waals surface area (Å²) in [7, 11) is 3.17. The van der Waals surface area contributed by atoms with Gasteiger partial charge in [-0.25, -0.2) is 0 Å². The Hall–Kier alpha value is -2.95. The van der Waals surface area contributed by atoms with Crippen molar-refractivity contribution in [1.82, 2.24) is 0 Å². The van der Waals surface area contributed by atoms with E-state index < -0.39 is 0 Å². The highest BCUT2D eigenvalue weighted by Crippen LogP contribution is 2.28. The minimum absolute atomic E-state index is 0.206. The van der Waals surface area contributed by atoms with Crippen LogP contribution in [0.15, 0.2) is 48.5 Å². The van der Waals surface area contributed by atoms with E-state index in [0.717, 1.165) is 30.0 Å². The molecule has 2 aromatic carbocycles. The van der Waals surface area contributed by atoms with Gasteiger partial charge in [0.2, 0.25) is 5.91 Å². The standard InChI is InChI=1S/C23H29NO4/c1-4-5-6-7-16-28-20-12-10-19(11-13-20)24-23(25)15-9-18-8-14-21(26-2)22(17-18)27-3/h8-15,17H,4-7,16H2,1-3H3,(H,24,25)/b15-9+. The minimum atomic E-state index is -0.206. The normalized spacial score (nSPS) is 10.7. The maximum absolute atomic E-state index is 12.1. The van der Waals surface area contributed by atoms with Crippen molar-refractivity contribution >= 4 is 17.7 Å². The van der Waals surface area contributed by atoms with E-state index in [0.29, 0.717) is 11.5 Å². The predicted octanol–water partition coefficient (Wildman–Crippen LogP) is 5.31. The van der Waals surface area contributed by atoms with Gasteiger partial charge in [-0.2, -0.15) is 0 Å². The summed E-state index contributed by atoms with van der Waals surface area (Å²) in [5.41, 5.74) is 1.57. The minimum Gasteiger partial charge on any atom is -0.494 e. The molecule has 5 nitrogen and oxygen atoms in total.